The van der Waals surface area contributed by atoms with Gasteiger partial charge in [-0.3, -0.25) is 4.84 Å². The molecule has 0 aliphatic heterocycles. The maximum Gasteiger partial charge on any atom is 0.407 e. The van der Waals surface area contributed by atoms with Crippen molar-refractivity contribution in [2.24, 2.45) is 0 Å². The minimum Gasteiger partial charge on any atom is -0.497 e. The van der Waals surface area contributed by atoms with Crippen molar-refractivity contribution in [1.29, 1.82) is 0 Å². The predicted molar refractivity (Wildman–Crippen MR) is 144 cm³/mol. The average Bonchev–Trinajstić information content (AvgIpc) is 2.88. The van der Waals surface area contributed by atoms with E-state index in [1.807, 2.05) is 30.3 Å². The van der Waals surface area contributed by atoms with Crippen LogP contribution >= 0.6 is 0 Å². The van der Waals surface area contributed by atoms with Gasteiger partial charge in [0.2, 0.25) is 0 Å². The monoisotopic (exact) mass is 548 g/mol. The highest BCUT2D eigenvalue weighted by Crippen LogP contribution is 2.26. The number of alkyl carbamates (subject to hydrolysis) is 1. The summed E-state index contributed by atoms with van der Waals surface area (Å²) in [6.45, 7) is 4.86. The molecule has 10 heteroatoms. The molecule has 1 unspecified atom stereocenters. The summed E-state index contributed by atoms with van der Waals surface area (Å²) >= 11 is 0. The Morgan fingerprint density at radius 3 is 2.26 bits per heavy atom. The Morgan fingerprint density at radius 2 is 1.68 bits per heavy atom. The topological polar surface area (TPSA) is 114 Å². The number of amides is 1. The van der Waals surface area contributed by atoms with Gasteiger partial charge < -0.3 is 19.9 Å². The molecule has 0 bridgehead atoms. The number of carbonyl (C=O) groups is 1. The summed E-state index contributed by atoms with van der Waals surface area (Å²) in [6.07, 6.45) is 2.42. The fraction of sp³-hybridized carbons (Fsp3) is 0.536. The van der Waals surface area contributed by atoms with Crippen LogP contribution in [-0.4, -0.2) is 61.6 Å². The number of benzene rings is 2. The Bertz CT molecular complexity index is 1110. The molecule has 0 spiro atoms. The molecule has 0 aromatic heterocycles. The van der Waals surface area contributed by atoms with Crippen LogP contribution in [-0.2, 0) is 26.0 Å². The van der Waals surface area contributed by atoms with Gasteiger partial charge in [-0.15, -0.1) is 0 Å². The number of hydrogen-bond acceptors (Lipinski definition) is 7. The largest absolute Gasteiger partial charge is 0.497 e. The Morgan fingerprint density at radius 1 is 1.05 bits per heavy atom. The second kappa shape index (κ2) is 13.4. The first-order valence-electron chi connectivity index (χ1n) is 13.0. The lowest BCUT2D eigenvalue weighted by Crippen LogP contribution is -2.52. The van der Waals surface area contributed by atoms with E-state index in [-0.39, 0.29) is 24.0 Å². The zero-order chi connectivity index (χ0) is 27.8. The summed E-state index contributed by atoms with van der Waals surface area (Å²) in [5.74, 6) is 0.521. The average molecular weight is 549 g/mol. The van der Waals surface area contributed by atoms with Gasteiger partial charge in [-0.2, -0.15) is 0 Å². The van der Waals surface area contributed by atoms with Crippen LogP contribution < -0.4 is 10.1 Å². The summed E-state index contributed by atoms with van der Waals surface area (Å²) < 4.78 is 38.8. The van der Waals surface area contributed by atoms with Crippen LogP contribution in [0.2, 0.25) is 0 Å². The Balaban J connectivity index is 1.87. The third-order valence-electron chi connectivity index (χ3n) is 6.25. The number of hydroxylamine groups is 1. The van der Waals surface area contributed by atoms with Gasteiger partial charge in [0, 0.05) is 0 Å². The van der Waals surface area contributed by atoms with Crippen molar-refractivity contribution in [3.05, 3.63) is 60.2 Å². The first-order valence-corrected chi connectivity index (χ1v) is 14.5. The molecule has 210 valence electrons. The van der Waals surface area contributed by atoms with Gasteiger partial charge in [0.25, 0.3) is 10.0 Å². The standard InChI is InChI=1S/C28H40N2O7S/c1-28(2,3)36-27(32)29-25(19-21-11-7-5-8-12-21)26(31)20-30(37-23-13-9-6-10-14-23)38(33,34)24-17-15-22(35-4)16-18-24/h5,7-8,11-12,15-18,23,25-26,31H,6,9-10,13-14,19-20H2,1-4H3,(H,29,32)/t25?,26-/m1/s1. The van der Waals surface area contributed by atoms with Crippen LogP contribution in [0.3, 0.4) is 0 Å². The Kier molecular flexibility index (Phi) is 10.6. The predicted octanol–water partition coefficient (Wildman–Crippen LogP) is 4.45. The van der Waals surface area contributed by atoms with Crippen LogP contribution in [0.15, 0.2) is 59.5 Å². The molecule has 0 heterocycles. The third-order valence-corrected chi connectivity index (χ3v) is 7.88. The van der Waals surface area contributed by atoms with Gasteiger partial charge in [0.1, 0.15) is 11.4 Å². The molecule has 2 atom stereocenters. The molecule has 1 aliphatic carbocycles. The first kappa shape index (κ1) is 29.9. The quantitative estimate of drug-likeness (QED) is 0.399. The lowest BCUT2D eigenvalue weighted by Gasteiger charge is -2.33. The maximum absolute atomic E-state index is 13.7. The van der Waals surface area contributed by atoms with Crippen molar-refractivity contribution in [3.8, 4) is 5.75 Å². The molecule has 3 rings (SSSR count). The van der Waals surface area contributed by atoms with E-state index in [4.69, 9.17) is 14.3 Å². The smallest absolute Gasteiger partial charge is 0.407 e. The van der Waals surface area contributed by atoms with Gasteiger partial charge in [0.15, 0.2) is 0 Å². The number of aliphatic hydroxyl groups excluding tert-OH is 1. The molecule has 1 fully saturated rings. The van der Waals surface area contributed by atoms with Crippen molar-refractivity contribution < 1.29 is 32.6 Å². The second-order valence-corrected chi connectivity index (χ2v) is 12.4. The summed E-state index contributed by atoms with van der Waals surface area (Å²) in [6, 6.07) is 14.5. The second-order valence-electron chi connectivity index (χ2n) is 10.5. The third kappa shape index (κ3) is 8.97. The zero-order valence-corrected chi connectivity index (χ0v) is 23.4. The van der Waals surface area contributed by atoms with Gasteiger partial charge in [-0.1, -0.05) is 54.1 Å². The van der Waals surface area contributed by atoms with Crippen molar-refractivity contribution in [1.82, 2.24) is 9.79 Å². The highest BCUT2D eigenvalue weighted by molar-refractivity contribution is 7.89. The van der Waals surface area contributed by atoms with Gasteiger partial charge in [-0.25, -0.2) is 13.2 Å². The van der Waals surface area contributed by atoms with Gasteiger partial charge in [-0.05, 0) is 69.9 Å². The molecule has 2 N–H and O–H groups in total. The van der Waals surface area contributed by atoms with E-state index in [1.165, 1.54) is 19.2 Å². The number of nitrogens with one attached hydrogen (secondary N) is 1. The van der Waals surface area contributed by atoms with E-state index in [0.29, 0.717) is 5.75 Å². The first-order chi connectivity index (χ1) is 18.0. The molecule has 0 saturated heterocycles. The lowest BCUT2D eigenvalue weighted by atomic mass is 9.98. The number of carbonyl (C=O) groups excluding carboxylic acids is 1. The van der Waals surface area contributed by atoms with E-state index < -0.39 is 33.9 Å². The maximum atomic E-state index is 13.7. The Hall–Kier alpha value is -2.66. The number of methoxy groups -OCH3 is 1. The summed E-state index contributed by atoms with van der Waals surface area (Å²) in [4.78, 5) is 18.7. The number of sulfonamides is 1. The van der Waals surface area contributed by atoms with Crippen molar-refractivity contribution in [2.75, 3.05) is 13.7 Å². The molecule has 38 heavy (non-hydrogen) atoms. The van der Waals surface area contributed by atoms with E-state index in [2.05, 4.69) is 5.32 Å². The molecular formula is C28H40N2O7S. The number of aliphatic hydroxyl groups is 1. The van der Waals surface area contributed by atoms with Crippen LogP contribution in [0, 0.1) is 0 Å². The summed E-state index contributed by atoms with van der Waals surface area (Å²) in [5.41, 5.74) is 0.130. The molecule has 1 saturated carbocycles. The molecule has 2 aromatic carbocycles. The van der Waals surface area contributed by atoms with Crippen LogP contribution in [0.4, 0.5) is 4.79 Å². The fourth-order valence-electron chi connectivity index (χ4n) is 4.29. The summed E-state index contributed by atoms with van der Waals surface area (Å²) in [7, 11) is -2.63. The van der Waals surface area contributed by atoms with Gasteiger partial charge in [0.05, 0.1) is 36.8 Å². The minimum atomic E-state index is -4.13. The fourth-order valence-corrected chi connectivity index (χ4v) is 5.59. The number of rotatable bonds is 11. The van der Waals surface area contributed by atoms with Crippen LogP contribution in [0.25, 0.3) is 0 Å². The highest BCUT2D eigenvalue weighted by Gasteiger charge is 2.34. The highest BCUT2D eigenvalue weighted by atomic mass is 32.2. The van der Waals surface area contributed by atoms with Crippen LogP contribution in [0.1, 0.15) is 58.4 Å². The van der Waals surface area contributed by atoms with Gasteiger partial charge >= 0.3 is 6.09 Å². The number of ether oxygens (including phenoxy) is 2. The van der Waals surface area contributed by atoms with E-state index in [9.17, 15) is 18.3 Å². The van der Waals surface area contributed by atoms with E-state index >= 15 is 0 Å². The SMILES string of the molecule is COc1ccc(S(=O)(=O)N(C[C@@H](O)C(Cc2ccccc2)NC(=O)OC(C)(C)C)OC2CCCCC2)cc1. The normalized spacial score (nSPS) is 16.6. The van der Waals surface area contributed by atoms with Crippen molar-refractivity contribution in [3.63, 3.8) is 0 Å². The number of hydrogen-bond donors (Lipinski definition) is 2. The minimum absolute atomic E-state index is 0.0148. The molecule has 1 aliphatic rings. The van der Waals surface area contributed by atoms with Crippen molar-refractivity contribution >= 4 is 16.1 Å². The molecule has 2 aromatic rings. The lowest BCUT2D eigenvalue weighted by molar-refractivity contribution is -0.156. The number of nitrogens with zero attached hydrogens (tertiary/aromatic N) is 1. The molecule has 0 radical (unpaired) electrons. The van der Waals surface area contributed by atoms with Crippen LogP contribution in [0.5, 0.6) is 5.75 Å². The summed E-state index contributed by atoms with van der Waals surface area (Å²) in [5, 5.41) is 14.1. The molecular weight excluding hydrogens is 508 g/mol. The van der Waals surface area contributed by atoms with Crippen molar-refractivity contribution in [2.45, 2.75) is 88.0 Å². The van der Waals surface area contributed by atoms with E-state index in [0.717, 1.165) is 42.1 Å². The molecule has 9 nitrogen and oxygen atoms in total. The Labute approximate surface area is 226 Å². The zero-order valence-electron chi connectivity index (χ0n) is 22.6. The van der Waals surface area contributed by atoms with E-state index in [1.54, 1.807) is 32.9 Å². The molecule has 1 amide bonds.